The number of aryl methyl sites for hydroxylation is 2. The number of nitrogens with one attached hydrogen (secondary N) is 1. The highest BCUT2D eigenvalue weighted by atomic mass is 15.2. The first-order chi connectivity index (χ1) is 12.6. The molecule has 3 rings (SSSR count). The molecular weight excluding hydrogens is 322 g/mol. The Kier molecular flexibility index (Phi) is 5.23. The molecule has 130 valence electrons. The van der Waals surface area contributed by atoms with E-state index >= 15 is 0 Å². The van der Waals surface area contributed by atoms with E-state index in [1.165, 1.54) is 11.1 Å². The zero-order valence-electron chi connectivity index (χ0n) is 15.2. The van der Waals surface area contributed by atoms with Gasteiger partial charge < -0.3 is 5.32 Å². The molecule has 1 atom stereocenters. The van der Waals surface area contributed by atoms with Crippen LogP contribution in [-0.2, 0) is 6.42 Å². The maximum absolute atomic E-state index is 9.55. The van der Waals surface area contributed by atoms with E-state index in [4.69, 9.17) is 0 Å². The van der Waals surface area contributed by atoms with Crippen LogP contribution >= 0.6 is 0 Å². The molecule has 0 aliphatic rings. The number of nitriles is 1. The lowest BCUT2D eigenvalue weighted by molar-refractivity contribution is 0.735. The van der Waals surface area contributed by atoms with Crippen LogP contribution in [0.25, 0.3) is 0 Å². The minimum Gasteiger partial charge on any atom is -0.359 e. The molecule has 0 aliphatic heterocycles. The third-order valence-corrected chi connectivity index (χ3v) is 4.48. The molecule has 3 aromatic rings. The van der Waals surface area contributed by atoms with E-state index in [0.29, 0.717) is 11.4 Å². The van der Waals surface area contributed by atoms with Crippen LogP contribution in [0.2, 0.25) is 0 Å². The monoisotopic (exact) mass is 343 g/mol. The maximum Gasteiger partial charge on any atom is 0.167 e. The van der Waals surface area contributed by atoms with Gasteiger partial charge in [0.1, 0.15) is 11.6 Å². The molecule has 0 aliphatic carbocycles. The van der Waals surface area contributed by atoms with Crippen LogP contribution in [0.1, 0.15) is 39.7 Å². The summed E-state index contributed by atoms with van der Waals surface area (Å²) < 4.78 is 0. The van der Waals surface area contributed by atoms with Crippen molar-refractivity contribution in [1.82, 2.24) is 15.2 Å². The lowest BCUT2D eigenvalue weighted by atomic mass is 10.0. The molecule has 0 bridgehead atoms. The van der Waals surface area contributed by atoms with E-state index in [1.54, 1.807) is 6.20 Å². The van der Waals surface area contributed by atoms with Gasteiger partial charge in [-0.25, -0.2) is 0 Å². The number of anilines is 1. The molecule has 2 heterocycles. The summed E-state index contributed by atoms with van der Waals surface area (Å²) in [7, 11) is 0. The van der Waals surface area contributed by atoms with Crippen LogP contribution in [-0.4, -0.2) is 15.2 Å². The summed E-state index contributed by atoms with van der Waals surface area (Å²) in [6.07, 6.45) is 2.51. The van der Waals surface area contributed by atoms with Gasteiger partial charge in [-0.1, -0.05) is 35.9 Å². The van der Waals surface area contributed by atoms with Crippen LogP contribution in [0.3, 0.4) is 0 Å². The molecule has 1 N–H and O–H groups in total. The molecular formula is C21H21N5. The van der Waals surface area contributed by atoms with Crippen molar-refractivity contribution in [3.8, 4) is 6.07 Å². The summed E-state index contributed by atoms with van der Waals surface area (Å²) in [4.78, 5) is 4.49. The number of hydrogen-bond acceptors (Lipinski definition) is 5. The average molecular weight is 343 g/mol. The van der Waals surface area contributed by atoms with Crippen molar-refractivity contribution in [2.24, 2.45) is 0 Å². The fraction of sp³-hybridized carbons (Fsp3) is 0.238. The van der Waals surface area contributed by atoms with Crippen LogP contribution in [0.4, 0.5) is 5.82 Å². The minimum atomic E-state index is -0.109. The fourth-order valence-electron chi connectivity index (χ4n) is 2.78. The zero-order valence-corrected chi connectivity index (χ0v) is 15.2. The van der Waals surface area contributed by atoms with E-state index in [-0.39, 0.29) is 6.04 Å². The van der Waals surface area contributed by atoms with Gasteiger partial charge in [-0.15, -0.1) is 5.10 Å². The predicted molar refractivity (Wildman–Crippen MR) is 102 cm³/mol. The zero-order chi connectivity index (χ0) is 18.5. The van der Waals surface area contributed by atoms with Crippen molar-refractivity contribution in [1.29, 1.82) is 5.26 Å². The van der Waals surface area contributed by atoms with Gasteiger partial charge in [0.05, 0.1) is 17.4 Å². The summed E-state index contributed by atoms with van der Waals surface area (Å²) >= 11 is 0. The Morgan fingerprint density at radius 1 is 1.04 bits per heavy atom. The highest BCUT2D eigenvalue weighted by Crippen LogP contribution is 2.25. The molecule has 0 saturated heterocycles. The molecule has 0 radical (unpaired) electrons. The summed E-state index contributed by atoms with van der Waals surface area (Å²) in [5.41, 5.74) is 5.45. The van der Waals surface area contributed by atoms with Crippen molar-refractivity contribution in [3.05, 3.63) is 82.3 Å². The van der Waals surface area contributed by atoms with Crippen LogP contribution in [0, 0.1) is 32.1 Å². The van der Waals surface area contributed by atoms with Gasteiger partial charge in [0, 0.05) is 6.20 Å². The van der Waals surface area contributed by atoms with Gasteiger partial charge in [0.2, 0.25) is 0 Å². The number of benzene rings is 1. The summed E-state index contributed by atoms with van der Waals surface area (Å²) in [6.45, 7) is 5.82. The molecule has 5 nitrogen and oxygen atoms in total. The lowest BCUT2D eigenvalue weighted by Gasteiger charge is -2.20. The second-order valence-electron chi connectivity index (χ2n) is 6.39. The van der Waals surface area contributed by atoms with E-state index < -0.39 is 0 Å². The highest BCUT2D eigenvalue weighted by molar-refractivity contribution is 5.56. The first-order valence-corrected chi connectivity index (χ1v) is 8.55. The molecule has 0 spiro atoms. The van der Waals surface area contributed by atoms with Crippen molar-refractivity contribution >= 4 is 5.82 Å². The summed E-state index contributed by atoms with van der Waals surface area (Å²) in [6, 6.07) is 16.4. The molecule has 0 fully saturated rings. The van der Waals surface area contributed by atoms with E-state index in [0.717, 1.165) is 23.4 Å². The van der Waals surface area contributed by atoms with Crippen LogP contribution in [0.5, 0.6) is 0 Å². The largest absolute Gasteiger partial charge is 0.359 e. The van der Waals surface area contributed by atoms with Crippen molar-refractivity contribution in [2.75, 3.05) is 5.32 Å². The second-order valence-corrected chi connectivity index (χ2v) is 6.39. The first-order valence-electron chi connectivity index (χ1n) is 8.55. The van der Waals surface area contributed by atoms with E-state index in [2.05, 4.69) is 57.8 Å². The quantitative estimate of drug-likeness (QED) is 0.756. The maximum atomic E-state index is 9.55. The van der Waals surface area contributed by atoms with Gasteiger partial charge in [0.15, 0.2) is 5.82 Å². The molecule has 0 amide bonds. The van der Waals surface area contributed by atoms with E-state index in [9.17, 15) is 5.26 Å². The third kappa shape index (κ3) is 3.86. The number of pyridine rings is 1. The molecule has 0 saturated carbocycles. The normalized spacial score (nSPS) is 11.6. The Morgan fingerprint density at radius 2 is 1.81 bits per heavy atom. The van der Waals surface area contributed by atoms with Crippen molar-refractivity contribution in [3.63, 3.8) is 0 Å². The average Bonchev–Trinajstić information content (AvgIpc) is 2.67. The number of aromatic nitrogens is 3. The van der Waals surface area contributed by atoms with E-state index in [1.807, 2.05) is 32.0 Å². The molecule has 26 heavy (non-hydrogen) atoms. The third-order valence-electron chi connectivity index (χ3n) is 4.48. The molecule has 1 unspecified atom stereocenters. The Morgan fingerprint density at radius 3 is 2.46 bits per heavy atom. The van der Waals surface area contributed by atoms with Gasteiger partial charge in [-0.05, 0) is 50.5 Å². The lowest BCUT2D eigenvalue weighted by Crippen LogP contribution is -2.18. The molecule has 2 aromatic heterocycles. The van der Waals surface area contributed by atoms with Crippen molar-refractivity contribution < 1.29 is 0 Å². The highest BCUT2D eigenvalue weighted by Gasteiger charge is 2.18. The number of hydrogen-bond donors (Lipinski definition) is 1. The standard InChI is InChI=1S/C21H21N5/c1-14-7-9-17(10-8-14)12-20(19-6-4-5-11-23-19)24-21-18(13-22)15(2)16(3)25-26-21/h4-11,20H,12H2,1-3H3,(H,24,26). The molecule has 1 aromatic carbocycles. The van der Waals surface area contributed by atoms with Crippen LogP contribution < -0.4 is 5.32 Å². The van der Waals surface area contributed by atoms with Crippen LogP contribution in [0.15, 0.2) is 48.7 Å². The molecule has 5 heteroatoms. The summed E-state index contributed by atoms with van der Waals surface area (Å²) in [5.74, 6) is 0.498. The summed E-state index contributed by atoms with van der Waals surface area (Å²) in [5, 5.41) is 21.3. The Labute approximate surface area is 153 Å². The van der Waals surface area contributed by atoms with Crippen molar-refractivity contribution in [2.45, 2.75) is 33.2 Å². The minimum absolute atomic E-state index is 0.109. The topological polar surface area (TPSA) is 74.5 Å². The van der Waals surface area contributed by atoms with Gasteiger partial charge in [-0.3, -0.25) is 4.98 Å². The second kappa shape index (κ2) is 7.75. The SMILES string of the molecule is Cc1ccc(CC(Nc2nnc(C)c(C)c2C#N)c2ccccn2)cc1. The Bertz CT molecular complexity index is 927. The smallest absolute Gasteiger partial charge is 0.167 e. The van der Waals surface area contributed by atoms with Gasteiger partial charge >= 0.3 is 0 Å². The van der Waals surface area contributed by atoms with Gasteiger partial charge in [-0.2, -0.15) is 10.4 Å². The Balaban J connectivity index is 1.96. The first kappa shape index (κ1) is 17.6. The van der Waals surface area contributed by atoms with Gasteiger partial charge in [0.25, 0.3) is 0 Å². The number of nitrogens with zero attached hydrogens (tertiary/aromatic N) is 4. The number of rotatable bonds is 5. The predicted octanol–water partition coefficient (Wildman–Crippen LogP) is 4.06. The Hall–Kier alpha value is -3.26. The fourth-order valence-corrected chi connectivity index (χ4v) is 2.78.